The Morgan fingerprint density at radius 3 is 2.67 bits per heavy atom. The average molecular weight is 248 g/mol. The van der Waals surface area contributed by atoms with E-state index in [0.717, 1.165) is 24.5 Å². The zero-order valence-corrected chi connectivity index (χ0v) is 10.5. The second-order valence-electron chi connectivity index (χ2n) is 6.02. The van der Waals surface area contributed by atoms with E-state index in [0.29, 0.717) is 6.04 Å². The Bertz CT molecular complexity index is 463. The van der Waals surface area contributed by atoms with E-state index < -0.39 is 0 Å². The molecule has 96 valence electrons. The summed E-state index contributed by atoms with van der Waals surface area (Å²) in [6.45, 7) is 3.39. The van der Waals surface area contributed by atoms with Gasteiger partial charge in [-0.1, -0.05) is 18.2 Å². The normalized spacial score (nSPS) is 41.3. The van der Waals surface area contributed by atoms with Crippen LogP contribution < -0.4 is 4.90 Å². The Morgan fingerprint density at radius 1 is 1.28 bits per heavy atom. The van der Waals surface area contributed by atoms with E-state index in [2.05, 4.69) is 0 Å². The van der Waals surface area contributed by atoms with Crippen molar-refractivity contribution < 1.29 is 14.0 Å². The molecule has 4 fully saturated rings. The fraction of sp³-hybridized carbons (Fsp3) is 0.600. The van der Waals surface area contributed by atoms with Crippen LogP contribution >= 0.6 is 0 Å². The third kappa shape index (κ3) is 1.47. The molecule has 2 bridgehead atoms. The standard InChI is InChI=1S/C15H18FNO/c16-13-4-2-1-3-11(13)9-14-15(10-18-15)12-5-7-17(14)8-6-12/h1-4,12,14H,5-10H2/p+1/t14-,15-/m0/s1. The van der Waals surface area contributed by atoms with Crippen molar-refractivity contribution in [3.8, 4) is 0 Å². The number of rotatable bonds is 2. The smallest absolute Gasteiger partial charge is 0.146 e. The minimum atomic E-state index is -0.0599. The van der Waals surface area contributed by atoms with Crippen molar-refractivity contribution in [3.63, 3.8) is 0 Å². The van der Waals surface area contributed by atoms with Crippen molar-refractivity contribution >= 4 is 0 Å². The molecule has 1 spiro atoms. The molecule has 3 heteroatoms. The first-order chi connectivity index (χ1) is 8.79. The van der Waals surface area contributed by atoms with Crippen molar-refractivity contribution in [3.05, 3.63) is 35.6 Å². The van der Waals surface area contributed by atoms with Gasteiger partial charge in [-0.3, -0.25) is 0 Å². The lowest BCUT2D eigenvalue weighted by Gasteiger charge is -2.47. The van der Waals surface area contributed by atoms with Gasteiger partial charge in [0, 0.05) is 25.2 Å². The molecule has 4 aliphatic heterocycles. The molecule has 0 radical (unpaired) electrons. The topological polar surface area (TPSA) is 17.0 Å². The van der Waals surface area contributed by atoms with Crippen molar-refractivity contribution in [2.45, 2.75) is 30.9 Å². The SMILES string of the molecule is Fc1ccccc1C[C@@H]1[NH+]2CCC(CC2)[C@@]12CO2. The van der Waals surface area contributed by atoms with Gasteiger partial charge in [0.15, 0.2) is 0 Å². The molecule has 0 aliphatic carbocycles. The van der Waals surface area contributed by atoms with E-state index in [1.807, 2.05) is 12.1 Å². The Balaban J connectivity index is 1.63. The summed E-state index contributed by atoms with van der Waals surface area (Å²) in [5, 5.41) is 0. The maximum Gasteiger partial charge on any atom is 0.146 e. The van der Waals surface area contributed by atoms with Crippen LogP contribution in [0.5, 0.6) is 0 Å². The number of piperidine rings is 3. The van der Waals surface area contributed by atoms with E-state index in [9.17, 15) is 4.39 Å². The van der Waals surface area contributed by atoms with Crippen LogP contribution in [-0.2, 0) is 11.2 Å². The van der Waals surface area contributed by atoms with E-state index in [4.69, 9.17) is 4.74 Å². The zero-order valence-electron chi connectivity index (χ0n) is 10.5. The zero-order chi connectivity index (χ0) is 12.2. The van der Waals surface area contributed by atoms with E-state index in [1.54, 1.807) is 17.0 Å². The summed E-state index contributed by atoms with van der Waals surface area (Å²) in [7, 11) is 0. The number of nitrogens with one attached hydrogen (secondary N) is 1. The van der Waals surface area contributed by atoms with E-state index in [-0.39, 0.29) is 11.4 Å². The van der Waals surface area contributed by atoms with Crippen LogP contribution in [0.4, 0.5) is 4.39 Å². The number of fused-ring (bicyclic) bond motifs is 2. The van der Waals surface area contributed by atoms with Crippen molar-refractivity contribution in [2.24, 2.45) is 5.92 Å². The number of epoxide rings is 1. The lowest BCUT2D eigenvalue weighted by molar-refractivity contribution is -0.946. The molecular weight excluding hydrogens is 229 g/mol. The summed E-state index contributed by atoms with van der Waals surface area (Å²) in [5.74, 6) is 0.669. The largest absolute Gasteiger partial charge is 0.363 e. The molecule has 5 rings (SSSR count). The fourth-order valence-electron chi connectivity index (χ4n) is 4.18. The molecule has 2 nitrogen and oxygen atoms in total. The van der Waals surface area contributed by atoms with Crippen LogP contribution in [0.15, 0.2) is 24.3 Å². The molecule has 0 amide bonds. The first kappa shape index (κ1) is 10.9. The highest BCUT2D eigenvalue weighted by molar-refractivity contribution is 5.21. The van der Waals surface area contributed by atoms with Gasteiger partial charge in [-0.2, -0.15) is 0 Å². The third-order valence-electron chi connectivity index (χ3n) is 5.26. The van der Waals surface area contributed by atoms with E-state index in [1.165, 1.54) is 25.9 Å². The highest BCUT2D eigenvalue weighted by Gasteiger charge is 2.65. The van der Waals surface area contributed by atoms with Gasteiger partial charge in [-0.25, -0.2) is 4.39 Å². The molecule has 4 saturated heterocycles. The average Bonchev–Trinajstić information content (AvgIpc) is 3.18. The maximum absolute atomic E-state index is 13.8. The summed E-state index contributed by atoms with van der Waals surface area (Å²) >= 11 is 0. The Kier molecular flexibility index (Phi) is 2.30. The van der Waals surface area contributed by atoms with Crippen molar-refractivity contribution in [1.29, 1.82) is 0 Å². The second-order valence-corrected chi connectivity index (χ2v) is 6.02. The highest BCUT2D eigenvalue weighted by atomic mass is 19.1. The Morgan fingerprint density at radius 2 is 2.00 bits per heavy atom. The number of hydrogen-bond donors (Lipinski definition) is 1. The predicted molar refractivity (Wildman–Crippen MR) is 66.0 cm³/mol. The molecule has 4 heterocycles. The van der Waals surface area contributed by atoms with Crippen LogP contribution in [0, 0.1) is 11.7 Å². The Hall–Kier alpha value is -0.930. The number of ether oxygens (including phenoxy) is 1. The van der Waals surface area contributed by atoms with Crippen LogP contribution in [0.25, 0.3) is 0 Å². The number of benzene rings is 1. The van der Waals surface area contributed by atoms with Gasteiger partial charge in [-0.15, -0.1) is 0 Å². The molecule has 4 aliphatic rings. The highest BCUT2D eigenvalue weighted by Crippen LogP contribution is 2.45. The molecule has 0 saturated carbocycles. The summed E-state index contributed by atoms with van der Waals surface area (Å²) in [6, 6.07) is 7.67. The lowest BCUT2D eigenvalue weighted by atomic mass is 9.72. The second kappa shape index (κ2) is 3.78. The summed E-state index contributed by atoms with van der Waals surface area (Å²) in [4.78, 5) is 1.64. The van der Waals surface area contributed by atoms with Gasteiger partial charge in [0.2, 0.25) is 0 Å². The molecule has 0 unspecified atom stereocenters. The predicted octanol–water partition coefficient (Wildman–Crippen LogP) is 0.814. The fourth-order valence-corrected chi connectivity index (χ4v) is 4.18. The van der Waals surface area contributed by atoms with E-state index >= 15 is 0 Å². The lowest BCUT2D eigenvalue weighted by Crippen LogP contribution is -3.21. The van der Waals surface area contributed by atoms with Gasteiger partial charge in [0.05, 0.1) is 19.7 Å². The van der Waals surface area contributed by atoms with Gasteiger partial charge in [0.25, 0.3) is 0 Å². The van der Waals surface area contributed by atoms with Crippen LogP contribution in [0.1, 0.15) is 18.4 Å². The molecule has 2 atom stereocenters. The third-order valence-corrected chi connectivity index (χ3v) is 5.26. The minimum Gasteiger partial charge on any atom is -0.363 e. The van der Waals surface area contributed by atoms with Gasteiger partial charge < -0.3 is 9.64 Å². The first-order valence-electron chi connectivity index (χ1n) is 7.01. The molecule has 1 aromatic carbocycles. The van der Waals surface area contributed by atoms with Gasteiger partial charge in [0.1, 0.15) is 17.5 Å². The molecule has 18 heavy (non-hydrogen) atoms. The summed E-state index contributed by atoms with van der Waals surface area (Å²) < 4.78 is 19.7. The molecule has 0 aromatic heterocycles. The molecule has 1 aromatic rings. The Labute approximate surface area is 107 Å². The van der Waals surface area contributed by atoms with Crippen molar-refractivity contribution in [2.75, 3.05) is 19.7 Å². The van der Waals surface area contributed by atoms with Crippen LogP contribution in [0.3, 0.4) is 0 Å². The number of halogens is 1. The summed E-state index contributed by atoms with van der Waals surface area (Å²) in [6.07, 6.45) is 3.42. The van der Waals surface area contributed by atoms with Crippen molar-refractivity contribution in [1.82, 2.24) is 0 Å². The summed E-state index contributed by atoms with van der Waals surface area (Å²) in [5.41, 5.74) is 0.964. The number of quaternary nitrogens is 1. The van der Waals surface area contributed by atoms with Crippen LogP contribution in [-0.4, -0.2) is 31.3 Å². The molecular formula is C15H19FNO+. The maximum atomic E-state index is 13.8. The number of hydrogen-bond acceptors (Lipinski definition) is 1. The van der Waals surface area contributed by atoms with Gasteiger partial charge >= 0.3 is 0 Å². The quantitative estimate of drug-likeness (QED) is 0.767. The minimum absolute atomic E-state index is 0.0599. The van der Waals surface area contributed by atoms with Gasteiger partial charge in [-0.05, 0) is 11.6 Å². The molecule has 1 N–H and O–H groups in total. The first-order valence-corrected chi connectivity index (χ1v) is 7.01. The monoisotopic (exact) mass is 248 g/mol. The van der Waals surface area contributed by atoms with Crippen LogP contribution in [0.2, 0.25) is 0 Å².